The predicted octanol–water partition coefficient (Wildman–Crippen LogP) is 6.96. The highest BCUT2D eigenvalue weighted by atomic mass is 16.6. The van der Waals surface area contributed by atoms with Crippen LogP contribution in [0.25, 0.3) is 39.6 Å². The van der Waals surface area contributed by atoms with Crippen molar-refractivity contribution in [2.45, 2.75) is 51.2 Å². The summed E-state index contributed by atoms with van der Waals surface area (Å²) in [6.45, 7) is 5.64. The molecule has 3 aromatic heterocycles. The van der Waals surface area contributed by atoms with E-state index in [1.807, 2.05) is 64.5 Å². The van der Waals surface area contributed by atoms with E-state index in [2.05, 4.69) is 61.7 Å². The lowest BCUT2D eigenvalue weighted by molar-refractivity contribution is 0.0377. The number of nitrogens with zero attached hydrogens (tertiary/aromatic N) is 5. The Hall–Kier alpha value is -4.92. The van der Waals surface area contributed by atoms with Gasteiger partial charge in [0.2, 0.25) is 0 Å². The molecule has 212 valence electrons. The number of amides is 1. The summed E-state index contributed by atoms with van der Waals surface area (Å²) >= 11 is 0. The maximum atomic E-state index is 12.7. The summed E-state index contributed by atoms with van der Waals surface area (Å²) in [7, 11) is 1.91. The second kappa shape index (κ2) is 9.58. The number of rotatable bonds is 4. The third-order valence-electron chi connectivity index (χ3n) is 7.96. The van der Waals surface area contributed by atoms with E-state index in [0.717, 1.165) is 75.9 Å². The van der Waals surface area contributed by atoms with E-state index in [-0.39, 0.29) is 6.09 Å². The molecule has 1 fully saturated rings. The van der Waals surface area contributed by atoms with E-state index < -0.39 is 11.1 Å². The number of anilines is 2. The van der Waals surface area contributed by atoms with Crippen molar-refractivity contribution in [3.63, 3.8) is 0 Å². The Labute approximate surface area is 244 Å². The number of carbonyl (C=O) groups is 1. The van der Waals surface area contributed by atoms with Crippen LogP contribution in [0.5, 0.6) is 0 Å². The molecule has 4 heterocycles. The molecule has 9 nitrogen and oxygen atoms in total. The summed E-state index contributed by atoms with van der Waals surface area (Å²) in [5, 5.41) is 11.1. The fourth-order valence-corrected chi connectivity index (χ4v) is 5.90. The Morgan fingerprint density at radius 1 is 1.02 bits per heavy atom. The van der Waals surface area contributed by atoms with Crippen molar-refractivity contribution in [3.05, 3.63) is 84.8 Å². The molecule has 2 aliphatic rings. The quantitative estimate of drug-likeness (QED) is 0.242. The first kappa shape index (κ1) is 26.0. The highest BCUT2D eigenvalue weighted by Gasteiger charge is 2.41. The second-order valence-electron chi connectivity index (χ2n) is 12.1. The molecule has 5 aromatic rings. The number of alkyl carbamates (subject to hydrolysis) is 1. The number of ether oxygens (including phenoxy) is 1. The molecule has 42 heavy (non-hydrogen) atoms. The van der Waals surface area contributed by atoms with E-state index in [1.165, 1.54) is 0 Å². The Bertz CT molecular complexity index is 1810. The van der Waals surface area contributed by atoms with E-state index in [0.29, 0.717) is 0 Å². The largest absolute Gasteiger partial charge is 0.444 e. The fourth-order valence-electron chi connectivity index (χ4n) is 5.90. The molecule has 0 bridgehead atoms. The minimum atomic E-state index is -0.556. The van der Waals surface area contributed by atoms with Crippen molar-refractivity contribution in [2.75, 3.05) is 5.32 Å². The first-order chi connectivity index (χ1) is 20.2. The molecule has 0 atom stereocenters. The molecular weight excluding hydrogens is 526 g/mol. The molecule has 9 heteroatoms. The minimum absolute atomic E-state index is 0.387. The van der Waals surface area contributed by atoms with Crippen LogP contribution in [-0.4, -0.2) is 36.0 Å². The van der Waals surface area contributed by atoms with Gasteiger partial charge in [-0.1, -0.05) is 36.4 Å². The standard InChI is InChI=1S/C33H33N7O2/c1-32(2,3)42-31(41)38-33(16-8-17-33)23-14-12-21(13-15-23)28-27(22-19-35-39(4)20-22)37-30-24-9-5-6-10-25(24)36-29-26(40(28)30)11-7-18-34-29/h5-7,9-15,18-20H,8,16-17H2,1-4H3,(H,34,36)(H,38,41). The van der Waals surface area contributed by atoms with Gasteiger partial charge in [-0.25, -0.2) is 14.8 Å². The number of hydrogen-bond donors (Lipinski definition) is 2. The minimum Gasteiger partial charge on any atom is -0.444 e. The molecule has 0 radical (unpaired) electrons. The van der Waals surface area contributed by atoms with Gasteiger partial charge < -0.3 is 15.4 Å². The summed E-state index contributed by atoms with van der Waals surface area (Å²) in [5.41, 5.74) is 6.62. The molecule has 0 saturated heterocycles. The maximum Gasteiger partial charge on any atom is 0.408 e. The van der Waals surface area contributed by atoms with Gasteiger partial charge in [0, 0.05) is 36.1 Å². The number of pyridine rings is 1. The van der Waals surface area contributed by atoms with E-state index >= 15 is 0 Å². The Kier molecular flexibility index (Phi) is 5.93. The van der Waals surface area contributed by atoms with Crippen LogP contribution in [0.3, 0.4) is 0 Å². The van der Waals surface area contributed by atoms with Crippen molar-refractivity contribution >= 4 is 17.6 Å². The van der Waals surface area contributed by atoms with Gasteiger partial charge in [-0.05, 0) is 69.9 Å². The lowest BCUT2D eigenvalue weighted by atomic mass is 9.71. The first-order valence-electron chi connectivity index (χ1n) is 14.3. The zero-order valence-electron chi connectivity index (χ0n) is 24.2. The van der Waals surface area contributed by atoms with Crippen LogP contribution in [0.2, 0.25) is 0 Å². The highest BCUT2D eigenvalue weighted by molar-refractivity contribution is 5.90. The van der Waals surface area contributed by atoms with Gasteiger partial charge in [0.15, 0.2) is 5.82 Å². The molecule has 7 rings (SSSR count). The molecular formula is C33H33N7O2. The number of aromatic nitrogens is 5. The number of aryl methyl sites for hydroxylation is 1. The zero-order chi connectivity index (χ0) is 29.1. The lowest BCUT2D eigenvalue weighted by Crippen LogP contribution is -2.52. The first-order valence-corrected chi connectivity index (χ1v) is 14.3. The van der Waals surface area contributed by atoms with Crippen molar-refractivity contribution in [3.8, 4) is 39.6 Å². The van der Waals surface area contributed by atoms with Gasteiger partial charge in [-0.15, -0.1) is 0 Å². The Morgan fingerprint density at radius 3 is 2.50 bits per heavy atom. The predicted molar refractivity (Wildman–Crippen MR) is 163 cm³/mol. The summed E-state index contributed by atoms with van der Waals surface area (Å²) < 4.78 is 9.58. The van der Waals surface area contributed by atoms with Crippen molar-refractivity contribution in [1.29, 1.82) is 0 Å². The Morgan fingerprint density at radius 2 is 1.81 bits per heavy atom. The Balaban J connectivity index is 1.38. The van der Waals surface area contributed by atoms with Crippen molar-refractivity contribution < 1.29 is 9.53 Å². The van der Waals surface area contributed by atoms with E-state index in [9.17, 15) is 4.79 Å². The third kappa shape index (κ3) is 4.41. The number of hydrogen-bond acceptors (Lipinski definition) is 6. The summed E-state index contributed by atoms with van der Waals surface area (Å²) in [6.07, 6.45) is 8.04. The van der Waals surface area contributed by atoms with Gasteiger partial charge >= 0.3 is 6.09 Å². The van der Waals surface area contributed by atoms with Gasteiger partial charge in [0.25, 0.3) is 0 Å². The number of carbonyl (C=O) groups excluding carboxylic acids is 1. The summed E-state index contributed by atoms with van der Waals surface area (Å²) in [4.78, 5) is 22.7. The second-order valence-corrected chi connectivity index (χ2v) is 12.1. The molecule has 1 saturated carbocycles. The topological polar surface area (TPSA) is 98.9 Å². The molecule has 1 aliphatic heterocycles. The fraction of sp³-hybridized carbons (Fsp3) is 0.273. The molecule has 0 unspecified atom stereocenters. The van der Waals surface area contributed by atoms with Crippen LogP contribution in [0.4, 0.5) is 16.3 Å². The number of para-hydroxylation sites is 1. The molecule has 1 amide bonds. The third-order valence-corrected chi connectivity index (χ3v) is 7.96. The average molecular weight is 560 g/mol. The molecule has 0 spiro atoms. The average Bonchev–Trinajstić information content (AvgIpc) is 3.51. The van der Waals surface area contributed by atoms with Crippen LogP contribution in [0.15, 0.2) is 79.3 Å². The van der Waals surface area contributed by atoms with E-state index in [4.69, 9.17) is 9.72 Å². The lowest BCUT2D eigenvalue weighted by Gasteiger charge is -2.43. The number of nitrogens with one attached hydrogen (secondary N) is 2. The number of benzene rings is 2. The maximum absolute atomic E-state index is 12.7. The molecule has 1 aliphatic carbocycles. The van der Waals surface area contributed by atoms with Gasteiger partial charge in [-0.3, -0.25) is 9.25 Å². The SMILES string of the molecule is Cn1cc(-c2nc3n(c2-c2ccc(C4(NC(=O)OC(C)(C)C)CCC4)cc2)-c2cccnc2Nc2ccccc2-3)cn1. The molecule has 2 N–H and O–H groups in total. The van der Waals surface area contributed by atoms with E-state index in [1.54, 1.807) is 10.9 Å². The summed E-state index contributed by atoms with van der Waals surface area (Å²) in [5.74, 6) is 1.58. The van der Waals surface area contributed by atoms with Crippen LogP contribution < -0.4 is 10.6 Å². The van der Waals surface area contributed by atoms with Gasteiger partial charge in [0.05, 0.1) is 28.8 Å². The smallest absolute Gasteiger partial charge is 0.408 e. The number of fused-ring (bicyclic) bond motifs is 5. The highest BCUT2D eigenvalue weighted by Crippen LogP contribution is 2.46. The normalized spacial score (nSPS) is 14.9. The van der Waals surface area contributed by atoms with Crippen LogP contribution >= 0.6 is 0 Å². The monoisotopic (exact) mass is 559 g/mol. The van der Waals surface area contributed by atoms with Crippen LogP contribution in [0.1, 0.15) is 45.6 Å². The van der Waals surface area contributed by atoms with Crippen molar-refractivity contribution in [1.82, 2.24) is 29.6 Å². The zero-order valence-corrected chi connectivity index (χ0v) is 24.2. The van der Waals surface area contributed by atoms with Crippen LogP contribution in [-0.2, 0) is 17.3 Å². The van der Waals surface area contributed by atoms with Crippen molar-refractivity contribution in [2.24, 2.45) is 7.05 Å². The number of imidazole rings is 1. The van der Waals surface area contributed by atoms with Crippen LogP contribution in [0, 0.1) is 0 Å². The molecule has 2 aromatic carbocycles. The summed E-state index contributed by atoms with van der Waals surface area (Å²) in [6, 6.07) is 20.6. The van der Waals surface area contributed by atoms with Gasteiger partial charge in [-0.2, -0.15) is 5.10 Å². The van der Waals surface area contributed by atoms with Gasteiger partial charge in [0.1, 0.15) is 17.1 Å².